The highest BCUT2D eigenvalue weighted by Gasteiger charge is 2.39. The lowest BCUT2D eigenvalue weighted by Gasteiger charge is -2.33. The summed E-state index contributed by atoms with van der Waals surface area (Å²) in [5.74, 6) is -1.33. The van der Waals surface area contributed by atoms with E-state index in [2.05, 4.69) is 10.6 Å². The number of nitrogens with zero attached hydrogens (tertiary/aromatic N) is 2. The predicted molar refractivity (Wildman–Crippen MR) is 86.5 cm³/mol. The summed E-state index contributed by atoms with van der Waals surface area (Å²) >= 11 is 0. The van der Waals surface area contributed by atoms with E-state index in [0.717, 1.165) is 39.0 Å². The third-order valence-corrected chi connectivity index (χ3v) is 4.96. The summed E-state index contributed by atoms with van der Waals surface area (Å²) in [6, 6.07) is 0. The van der Waals surface area contributed by atoms with Crippen molar-refractivity contribution in [3.05, 3.63) is 0 Å². The van der Waals surface area contributed by atoms with Gasteiger partial charge in [0.05, 0.1) is 11.8 Å². The molecule has 1 saturated carbocycles. The molecular weight excluding hydrogens is 312 g/mol. The molecular formula is C16H28N4O4. The van der Waals surface area contributed by atoms with Gasteiger partial charge >= 0.3 is 11.9 Å². The minimum atomic E-state index is -0.385. The molecule has 0 spiro atoms. The maximum absolute atomic E-state index is 12.6. The number of hydroxylamine groups is 4. The predicted octanol–water partition coefficient (Wildman–Crippen LogP) is -0.480. The van der Waals surface area contributed by atoms with Crippen LogP contribution in [0, 0.1) is 11.8 Å². The Labute approximate surface area is 142 Å². The number of nitrogens with one attached hydrogen (secondary N) is 2. The van der Waals surface area contributed by atoms with Crippen molar-refractivity contribution in [2.45, 2.75) is 25.7 Å². The zero-order chi connectivity index (χ0) is 16.8. The maximum Gasteiger partial charge on any atom is 0.328 e. The van der Waals surface area contributed by atoms with Crippen LogP contribution in [0.25, 0.3) is 0 Å². The van der Waals surface area contributed by atoms with Crippen LogP contribution >= 0.6 is 0 Å². The summed E-state index contributed by atoms with van der Waals surface area (Å²) in [4.78, 5) is 36.2. The smallest absolute Gasteiger partial charge is 0.328 e. The lowest BCUT2D eigenvalue weighted by Crippen LogP contribution is -2.48. The first kappa shape index (κ1) is 17.6. The summed E-state index contributed by atoms with van der Waals surface area (Å²) in [5, 5.41) is 9.85. The Hall–Kier alpha value is -1.22. The molecule has 3 fully saturated rings. The number of hydrogen-bond donors (Lipinski definition) is 2. The number of rotatable bonds is 4. The molecule has 3 rings (SSSR count). The Morgan fingerprint density at radius 2 is 1.08 bits per heavy atom. The van der Waals surface area contributed by atoms with Crippen LogP contribution in [-0.2, 0) is 19.3 Å². The van der Waals surface area contributed by atoms with Gasteiger partial charge in [0.25, 0.3) is 0 Å². The van der Waals surface area contributed by atoms with Gasteiger partial charge in [0.1, 0.15) is 0 Å². The van der Waals surface area contributed by atoms with Crippen molar-refractivity contribution < 1.29 is 19.3 Å². The minimum Gasteiger partial charge on any atom is -0.368 e. The standard InChI is InChI=1S/C16H28N4O4/c21-15(23-19-9-5-17-6-10-19)13-3-1-2-4-14(13)16(22)24-20-11-7-18-8-12-20/h13-14,17-18H,1-12H2. The summed E-state index contributed by atoms with van der Waals surface area (Å²) in [5.41, 5.74) is 0. The van der Waals surface area contributed by atoms with Crippen molar-refractivity contribution in [2.24, 2.45) is 11.8 Å². The van der Waals surface area contributed by atoms with Crippen molar-refractivity contribution in [1.82, 2.24) is 20.8 Å². The van der Waals surface area contributed by atoms with E-state index in [1.807, 2.05) is 0 Å². The molecule has 2 saturated heterocycles. The molecule has 0 bridgehead atoms. The molecule has 8 heteroatoms. The molecule has 0 radical (unpaired) electrons. The molecule has 3 aliphatic rings. The van der Waals surface area contributed by atoms with Gasteiger partial charge in [-0.25, -0.2) is 0 Å². The van der Waals surface area contributed by atoms with Crippen molar-refractivity contribution >= 4 is 11.9 Å². The van der Waals surface area contributed by atoms with Crippen LogP contribution in [0.1, 0.15) is 25.7 Å². The Bertz CT molecular complexity index is 396. The zero-order valence-corrected chi connectivity index (χ0v) is 14.2. The molecule has 2 aliphatic heterocycles. The summed E-state index contributed by atoms with van der Waals surface area (Å²) < 4.78 is 0. The first-order valence-corrected chi connectivity index (χ1v) is 9.09. The van der Waals surface area contributed by atoms with E-state index in [9.17, 15) is 9.59 Å². The second kappa shape index (κ2) is 8.75. The second-order valence-corrected chi connectivity index (χ2v) is 6.68. The SMILES string of the molecule is O=C(ON1CCNCC1)C1CCCCC1C(=O)ON1CCNCC1. The quantitative estimate of drug-likeness (QED) is 0.710. The molecule has 8 nitrogen and oxygen atoms in total. The van der Waals surface area contributed by atoms with Crippen LogP contribution in [-0.4, -0.2) is 74.4 Å². The number of piperazine rings is 2. The Morgan fingerprint density at radius 1 is 0.708 bits per heavy atom. The van der Waals surface area contributed by atoms with Gasteiger partial charge in [0.15, 0.2) is 0 Å². The molecule has 0 aromatic heterocycles. The van der Waals surface area contributed by atoms with E-state index >= 15 is 0 Å². The topological polar surface area (TPSA) is 83.1 Å². The van der Waals surface area contributed by atoms with Crippen LogP contribution in [0.2, 0.25) is 0 Å². The molecule has 2 heterocycles. The van der Waals surface area contributed by atoms with Crippen molar-refractivity contribution in [3.8, 4) is 0 Å². The third-order valence-electron chi connectivity index (χ3n) is 4.96. The van der Waals surface area contributed by atoms with Crippen LogP contribution < -0.4 is 10.6 Å². The van der Waals surface area contributed by atoms with Gasteiger partial charge in [-0.05, 0) is 12.8 Å². The van der Waals surface area contributed by atoms with E-state index < -0.39 is 0 Å². The lowest BCUT2D eigenvalue weighted by atomic mass is 9.79. The third kappa shape index (κ3) is 4.66. The second-order valence-electron chi connectivity index (χ2n) is 6.68. The average molecular weight is 340 g/mol. The van der Waals surface area contributed by atoms with Gasteiger partial charge in [0.2, 0.25) is 0 Å². The van der Waals surface area contributed by atoms with Crippen LogP contribution in [0.3, 0.4) is 0 Å². The van der Waals surface area contributed by atoms with Gasteiger partial charge in [-0.15, -0.1) is 10.1 Å². The Balaban J connectivity index is 1.55. The molecule has 2 atom stereocenters. The van der Waals surface area contributed by atoms with E-state index in [1.165, 1.54) is 0 Å². The van der Waals surface area contributed by atoms with Crippen LogP contribution in [0.4, 0.5) is 0 Å². The molecule has 0 aromatic rings. The first-order chi connectivity index (χ1) is 11.7. The highest BCUT2D eigenvalue weighted by Crippen LogP contribution is 2.32. The van der Waals surface area contributed by atoms with Gasteiger partial charge in [-0.3, -0.25) is 9.59 Å². The normalized spacial score (nSPS) is 29.8. The molecule has 2 unspecified atom stereocenters. The molecule has 0 aromatic carbocycles. The highest BCUT2D eigenvalue weighted by molar-refractivity contribution is 5.82. The molecule has 136 valence electrons. The van der Waals surface area contributed by atoms with E-state index in [0.29, 0.717) is 39.0 Å². The largest absolute Gasteiger partial charge is 0.368 e. The molecule has 2 N–H and O–H groups in total. The summed E-state index contributed by atoms with van der Waals surface area (Å²) in [6.45, 7) is 6.00. The molecule has 0 amide bonds. The van der Waals surface area contributed by atoms with Crippen LogP contribution in [0.15, 0.2) is 0 Å². The summed E-state index contributed by atoms with van der Waals surface area (Å²) in [6.07, 6.45) is 3.32. The van der Waals surface area contributed by atoms with E-state index in [-0.39, 0.29) is 23.8 Å². The van der Waals surface area contributed by atoms with Crippen molar-refractivity contribution in [3.63, 3.8) is 0 Å². The Morgan fingerprint density at radius 3 is 1.46 bits per heavy atom. The van der Waals surface area contributed by atoms with Gasteiger partial charge < -0.3 is 20.3 Å². The first-order valence-electron chi connectivity index (χ1n) is 9.09. The maximum atomic E-state index is 12.6. The number of hydrogen-bond acceptors (Lipinski definition) is 8. The molecule has 1 aliphatic carbocycles. The molecule has 24 heavy (non-hydrogen) atoms. The minimum absolute atomic E-state index is 0.279. The zero-order valence-electron chi connectivity index (χ0n) is 14.2. The van der Waals surface area contributed by atoms with Crippen LogP contribution in [0.5, 0.6) is 0 Å². The van der Waals surface area contributed by atoms with Gasteiger partial charge in [-0.2, -0.15) is 0 Å². The monoisotopic (exact) mass is 340 g/mol. The van der Waals surface area contributed by atoms with Gasteiger partial charge in [0, 0.05) is 52.4 Å². The summed E-state index contributed by atoms with van der Waals surface area (Å²) in [7, 11) is 0. The van der Waals surface area contributed by atoms with E-state index in [1.54, 1.807) is 10.1 Å². The highest BCUT2D eigenvalue weighted by atomic mass is 16.7. The fourth-order valence-corrected chi connectivity index (χ4v) is 3.56. The average Bonchev–Trinajstić information content (AvgIpc) is 2.63. The Kier molecular flexibility index (Phi) is 6.42. The number of carbonyl (C=O) groups excluding carboxylic acids is 2. The fraction of sp³-hybridized carbons (Fsp3) is 0.875. The number of carbonyl (C=O) groups is 2. The van der Waals surface area contributed by atoms with Crippen molar-refractivity contribution in [1.29, 1.82) is 0 Å². The van der Waals surface area contributed by atoms with Gasteiger partial charge in [-0.1, -0.05) is 12.8 Å². The lowest BCUT2D eigenvalue weighted by molar-refractivity contribution is -0.212. The van der Waals surface area contributed by atoms with E-state index in [4.69, 9.17) is 9.68 Å². The fourth-order valence-electron chi connectivity index (χ4n) is 3.56. The van der Waals surface area contributed by atoms with Crippen molar-refractivity contribution in [2.75, 3.05) is 52.4 Å².